The Morgan fingerprint density at radius 2 is 1.50 bits per heavy atom. The third-order valence-corrected chi connectivity index (χ3v) is 2.42. The van der Waals surface area contributed by atoms with Crippen molar-refractivity contribution in [3.05, 3.63) is 45.0 Å². The maximum Gasteiger partial charge on any atom is 0.305 e. The lowest BCUT2D eigenvalue weighted by Gasteiger charge is -1.97. The van der Waals surface area contributed by atoms with E-state index in [2.05, 4.69) is 0 Å². The summed E-state index contributed by atoms with van der Waals surface area (Å²) in [5.41, 5.74) is -0.877. The third kappa shape index (κ3) is 1.67. The molecular formula is C11H9NO4. The standard InChI is InChI=1S/C11H9NO4/c13-9(14)5-6-12-10(15)7-1-2-8(4-3-7)11(12)16/h1-4H,5-6H2,(H,13,14). The van der Waals surface area contributed by atoms with Gasteiger partial charge >= 0.3 is 5.97 Å². The van der Waals surface area contributed by atoms with Gasteiger partial charge in [0.2, 0.25) is 0 Å². The van der Waals surface area contributed by atoms with Crippen LogP contribution in [0, 0.1) is 0 Å². The van der Waals surface area contributed by atoms with Gasteiger partial charge in [-0.2, -0.15) is 0 Å². The van der Waals surface area contributed by atoms with Gasteiger partial charge < -0.3 is 5.11 Å². The summed E-state index contributed by atoms with van der Waals surface area (Å²) in [7, 11) is 0. The summed E-state index contributed by atoms with van der Waals surface area (Å²) in [4.78, 5) is 34.0. The van der Waals surface area contributed by atoms with Gasteiger partial charge in [-0.3, -0.25) is 19.0 Å². The Hall–Kier alpha value is -2.17. The Bertz CT molecular complexity index is 577. The number of aliphatic carboxylic acids is 1. The van der Waals surface area contributed by atoms with Crippen LogP contribution in [0.1, 0.15) is 6.42 Å². The molecule has 0 fully saturated rings. The number of hydrogen-bond acceptors (Lipinski definition) is 3. The van der Waals surface area contributed by atoms with Crippen molar-refractivity contribution in [2.24, 2.45) is 0 Å². The Kier molecular flexibility index (Phi) is 2.44. The minimum absolute atomic E-state index is 0.0939. The van der Waals surface area contributed by atoms with Crippen LogP contribution in [0.15, 0.2) is 33.9 Å². The molecule has 0 aliphatic rings. The van der Waals surface area contributed by atoms with Crippen molar-refractivity contribution in [3.63, 3.8) is 0 Å². The first kappa shape index (κ1) is 10.4. The monoisotopic (exact) mass is 219 g/mol. The number of aromatic nitrogens is 1. The third-order valence-electron chi connectivity index (χ3n) is 2.42. The first-order valence-electron chi connectivity index (χ1n) is 4.77. The summed E-state index contributed by atoms with van der Waals surface area (Å²) in [6, 6.07) is 6.26. The molecule has 82 valence electrons. The SMILES string of the molecule is O=C(O)CCn1c(=O)c2ccc(cc2)c1=O. The number of rotatable bonds is 3. The van der Waals surface area contributed by atoms with Crippen molar-refractivity contribution < 1.29 is 9.90 Å². The topological polar surface area (TPSA) is 76.4 Å². The zero-order valence-electron chi connectivity index (χ0n) is 8.34. The highest BCUT2D eigenvalue weighted by molar-refractivity contribution is 5.67. The van der Waals surface area contributed by atoms with Crippen LogP contribution in [-0.2, 0) is 11.3 Å². The van der Waals surface area contributed by atoms with Crippen molar-refractivity contribution in [2.75, 3.05) is 0 Å². The van der Waals surface area contributed by atoms with E-state index in [9.17, 15) is 14.4 Å². The molecule has 3 aromatic rings. The Balaban J connectivity index is 2.65. The second-order valence-electron chi connectivity index (χ2n) is 3.48. The van der Waals surface area contributed by atoms with Crippen LogP contribution >= 0.6 is 0 Å². The lowest BCUT2D eigenvalue weighted by Crippen LogP contribution is -2.30. The average Bonchev–Trinajstić information content (AvgIpc) is 2.44. The number of benzene rings is 1. The number of carboxylic acid groups (broad SMARTS) is 1. The van der Waals surface area contributed by atoms with Gasteiger partial charge in [0.1, 0.15) is 0 Å². The first-order valence-corrected chi connectivity index (χ1v) is 4.77. The highest BCUT2D eigenvalue weighted by atomic mass is 16.4. The van der Waals surface area contributed by atoms with Crippen molar-refractivity contribution in [3.8, 4) is 0 Å². The molecule has 0 aliphatic heterocycles. The van der Waals surface area contributed by atoms with Gasteiger partial charge in [-0.1, -0.05) is 0 Å². The van der Waals surface area contributed by atoms with Crippen LogP contribution in [0.4, 0.5) is 0 Å². The molecule has 2 heterocycles. The minimum atomic E-state index is -1.03. The minimum Gasteiger partial charge on any atom is -0.481 e. The van der Waals surface area contributed by atoms with E-state index < -0.39 is 17.1 Å². The molecule has 3 rings (SSSR count). The summed E-state index contributed by atoms with van der Waals surface area (Å²) in [6.45, 7) is -0.0939. The quantitative estimate of drug-likeness (QED) is 0.804. The maximum atomic E-state index is 11.8. The zero-order chi connectivity index (χ0) is 11.7. The van der Waals surface area contributed by atoms with Crippen LogP contribution in [0.5, 0.6) is 0 Å². The normalized spacial score (nSPS) is 10.8. The van der Waals surface area contributed by atoms with E-state index in [4.69, 9.17) is 5.11 Å². The molecule has 1 aromatic carbocycles. The molecule has 0 atom stereocenters. The van der Waals surface area contributed by atoms with Crippen molar-refractivity contribution in [2.45, 2.75) is 13.0 Å². The summed E-state index contributed by atoms with van der Waals surface area (Å²) in [6.07, 6.45) is -0.238. The number of hydrogen-bond donors (Lipinski definition) is 1. The Morgan fingerprint density at radius 1 is 1.06 bits per heavy atom. The maximum absolute atomic E-state index is 11.8. The van der Waals surface area contributed by atoms with Gasteiger partial charge in [0.05, 0.1) is 6.42 Å². The van der Waals surface area contributed by atoms with Crippen LogP contribution < -0.4 is 11.1 Å². The smallest absolute Gasteiger partial charge is 0.305 e. The summed E-state index contributed by atoms with van der Waals surface area (Å²) < 4.78 is 0.971. The fraction of sp³-hybridized carbons (Fsp3) is 0.182. The fourth-order valence-corrected chi connectivity index (χ4v) is 1.57. The number of carboxylic acids is 1. The molecule has 5 heteroatoms. The zero-order valence-corrected chi connectivity index (χ0v) is 8.34. The number of nitrogens with zero attached hydrogens (tertiary/aromatic N) is 1. The van der Waals surface area contributed by atoms with E-state index in [1.807, 2.05) is 0 Å². The highest BCUT2D eigenvalue weighted by Gasteiger charge is 2.07. The van der Waals surface area contributed by atoms with E-state index in [1.165, 1.54) is 0 Å². The van der Waals surface area contributed by atoms with Crippen LogP contribution in [0.3, 0.4) is 0 Å². The number of fused-ring (bicyclic) bond motifs is 4. The molecule has 16 heavy (non-hydrogen) atoms. The lowest BCUT2D eigenvalue weighted by molar-refractivity contribution is -0.137. The summed E-state index contributed by atoms with van der Waals surface area (Å²) >= 11 is 0. The van der Waals surface area contributed by atoms with E-state index in [0.717, 1.165) is 4.57 Å². The van der Waals surface area contributed by atoms with Gasteiger partial charge in [0.25, 0.3) is 11.1 Å². The van der Waals surface area contributed by atoms with Gasteiger partial charge in [-0.05, 0) is 24.3 Å². The van der Waals surface area contributed by atoms with E-state index in [-0.39, 0.29) is 13.0 Å². The Labute approximate surface area is 89.9 Å². The number of carbonyl (C=O) groups is 1. The van der Waals surface area contributed by atoms with E-state index >= 15 is 0 Å². The molecular weight excluding hydrogens is 210 g/mol. The predicted molar refractivity (Wildman–Crippen MR) is 57.9 cm³/mol. The highest BCUT2D eigenvalue weighted by Crippen LogP contribution is 2.01. The van der Waals surface area contributed by atoms with Gasteiger partial charge in [-0.15, -0.1) is 0 Å². The van der Waals surface area contributed by atoms with Crippen LogP contribution in [0.2, 0.25) is 0 Å². The fourth-order valence-electron chi connectivity index (χ4n) is 1.57. The second kappa shape index (κ2) is 3.77. The van der Waals surface area contributed by atoms with Gasteiger partial charge in [-0.25, -0.2) is 0 Å². The Morgan fingerprint density at radius 3 is 1.88 bits per heavy atom. The molecule has 2 aromatic heterocycles. The van der Waals surface area contributed by atoms with Crippen LogP contribution in [-0.4, -0.2) is 15.6 Å². The first-order chi connectivity index (χ1) is 7.59. The molecule has 0 amide bonds. The molecule has 0 spiro atoms. The molecule has 0 radical (unpaired) electrons. The van der Waals surface area contributed by atoms with Crippen molar-refractivity contribution in [1.29, 1.82) is 0 Å². The molecule has 2 bridgehead atoms. The largest absolute Gasteiger partial charge is 0.481 e. The van der Waals surface area contributed by atoms with Gasteiger partial charge in [0, 0.05) is 17.3 Å². The lowest BCUT2D eigenvalue weighted by atomic mass is 10.2. The van der Waals surface area contributed by atoms with E-state index in [0.29, 0.717) is 10.8 Å². The average molecular weight is 219 g/mol. The molecule has 5 nitrogen and oxygen atoms in total. The van der Waals surface area contributed by atoms with Crippen molar-refractivity contribution >= 4 is 16.7 Å². The summed E-state index contributed by atoms with van der Waals surface area (Å²) in [5, 5.41) is 9.35. The van der Waals surface area contributed by atoms with Gasteiger partial charge in [0.15, 0.2) is 0 Å². The predicted octanol–water partition coefficient (Wildman–Crippen LogP) is 0.274. The molecule has 0 aliphatic carbocycles. The molecule has 0 unspecified atom stereocenters. The second-order valence-corrected chi connectivity index (χ2v) is 3.48. The summed E-state index contributed by atoms with van der Waals surface area (Å²) in [5.74, 6) is -1.03. The van der Waals surface area contributed by atoms with Crippen LogP contribution in [0.25, 0.3) is 10.8 Å². The molecule has 0 saturated heterocycles. The van der Waals surface area contributed by atoms with E-state index in [1.54, 1.807) is 24.3 Å². The van der Waals surface area contributed by atoms with Crippen molar-refractivity contribution in [1.82, 2.24) is 4.57 Å². The molecule has 0 saturated carbocycles. The molecule has 1 N–H and O–H groups in total.